The third-order valence-corrected chi connectivity index (χ3v) is 3.27. The van der Waals surface area contributed by atoms with Gasteiger partial charge in [0.15, 0.2) is 5.96 Å². The fraction of sp³-hybridized carbons (Fsp3) is 0.923. The van der Waals surface area contributed by atoms with Gasteiger partial charge in [0.05, 0.1) is 0 Å². The van der Waals surface area contributed by atoms with E-state index in [9.17, 15) is 0 Å². The van der Waals surface area contributed by atoms with Crippen LogP contribution >= 0.6 is 0 Å². The molecular weight excluding hydrogens is 198 g/mol. The number of aliphatic imine (C=N–C) groups is 1. The molecule has 16 heavy (non-hydrogen) atoms. The van der Waals surface area contributed by atoms with Crippen molar-refractivity contribution in [1.82, 2.24) is 4.90 Å². The molecule has 0 saturated heterocycles. The minimum Gasteiger partial charge on any atom is -0.370 e. The zero-order valence-electron chi connectivity index (χ0n) is 11.1. The maximum atomic E-state index is 5.96. The summed E-state index contributed by atoms with van der Waals surface area (Å²) in [5, 5.41) is 0. The second-order valence-electron chi connectivity index (χ2n) is 5.48. The van der Waals surface area contributed by atoms with Crippen LogP contribution in [0, 0.1) is 11.8 Å². The summed E-state index contributed by atoms with van der Waals surface area (Å²) in [5.74, 6) is 2.12. The highest BCUT2D eigenvalue weighted by Gasteiger charge is 2.16. The molecular formula is C13H27N3. The Labute approximate surface area is 100 Å². The van der Waals surface area contributed by atoms with E-state index in [-0.39, 0.29) is 0 Å². The first kappa shape index (κ1) is 13.3. The van der Waals surface area contributed by atoms with Crippen LogP contribution in [0.3, 0.4) is 0 Å². The van der Waals surface area contributed by atoms with Crippen LogP contribution in [-0.2, 0) is 0 Å². The van der Waals surface area contributed by atoms with Crippen molar-refractivity contribution in [3.05, 3.63) is 0 Å². The van der Waals surface area contributed by atoms with Crippen molar-refractivity contribution in [2.75, 3.05) is 20.1 Å². The Morgan fingerprint density at radius 1 is 1.31 bits per heavy atom. The predicted molar refractivity (Wildman–Crippen MR) is 70.5 cm³/mol. The summed E-state index contributed by atoms with van der Waals surface area (Å²) in [6, 6.07) is 0. The van der Waals surface area contributed by atoms with E-state index >= 15 is 0 Å². The van der Waals surface area contributed by atoms with Gasteiger partial charge in [0, 0.05) is 20.1 Å². The normalized spacial score (nSPS) is 19.1. The van der Waals surface area contributed by atoms with E-state index in [2.05, 4.69) is 30.8 Å². The second-order valence-corrected chi connectivity index (χ2v) is 5.48. The highest BCUT2D eigenvalue weighted by Crippen LogP contribution is 2.23. The van der Waals surface area contributed by atoms with Crippen LogP contribution in [0.15, 0.2) is 4.99 Å². The van der Waals surface area contributed by atoms with Crippen LogP contribution in [0.25, 0.3) is 0 Å². The Morgan fingerprint density at radius 2 is 1.94 bits per heavy atom. The van der Waals surface area contributed by atoms with Crippen molar-refractivity contribution in [3.63, 3.8) is 0 Å². The molecule has 2 N–H and O–H groups in total. The topological polar surface area (TPSA) is 41.6 Å². The molecule has 1 aliphatic carbocycles. The van der Waals surface area contributed by atoms with Gasteiger partial charge in [0.2, 0.25) is 0 Å². The predicted octanol–water partition coefficient (Wildman–Crippen LogP) is 2.47. The molecule has 0 spiro atoms. The molecule has 0 radical (unpaired) electrons. The SMILES string of the molecule is CC(C)CN=C(N)N(C)CC1CCCCC1. The Morgan fingerprint density at radius 3 is 2.50 bits per heavy atom. The van der Waals surface area contributed by atoms with Gasteiger partial charge in [-0.2, -0.15) is 0 Å². The molecule has 1 fully saturated rings. The Kier molecular flexibility index (Phi) is 5.64. The third-order valence-electron chi connectivity index (χ3n) is 3.27. The quantitative estimate of drug-likeness (QED) is 0.590. The lowest BCUT2D eigenvalue weighted by Gasteiger charge is -2.27. The molecule has 3 nitrogen and oxygen atoms in total. The minimum atomic E-state index is 0.585. The Hall–Kier alpha value is -0.730. The standard InChI is InChI=1S/C13H27N3/c1-11(2)9-15-13(14)16(3)10-12-7-5-4-6-8-12/h11-12H,4-10H2,1-3H3,(H2,14,15). The zero-order valence-corrected chi connectivity index (χ0v) is 11.1. The van der Waals surface area contributed by atoms with E-state index in [4.69, 9.17) is 5.73 Å². The molecule has 0 aromatic heterocycles. The molecule has 94 valence electrons. The molecule has 0 aromatic carbocycles. The van der Waals surface area contributed by atoms with Gasteiger partial charge in [0.25, 0.3) is 0 Å². The average Bonchev–Trinajstić information content (AvgIpc) is 2.27. The monoisotopic (exact) mass is 225 g/mol. The first-order valence-corrected chi connectivity index (χ1v) is 6.60. The molecule has 1 saturated carbocycles. The first-order valence-electron chi connectivity index (χ1n) is 6.60. The first-order chi connectivity index (χ1) is 7.59. The van der Waals surface area contributed by atoms with Crippen molar-refractivity contribution < 1.29 is 0 Å². The van der Waals surface area contributed by atoms with E-state index in [0.717, 1.165) is 19.0 Å². The largest absolute Gasteiger partial charge is 0.370 e. The van der Waals surface area contributed by atoms with Crippen molar-refractivity contribution >= 4 is 5.96 Å². The molecule has 1 aliphatic rings. The van der Waals surface area contributed by atoms with Crippen LogP contribution in [0.5, 0.6) is 0 Å². The van der Waals surface area contributed by atoms with Crippen LogP contribution < -0.4 is 5.73 Å². The average molecular weight is 225 g/mol. The summed E-state index contributed by atoms with van der Waals surface area (Å²) in [7, 11) is 2.06. The molecule has 0 amide bonds. The van der Waals surface area contributed by atoms with Crippen molar-refractivity contribution in [1.29, 1.82) is 0 Å². The highest BCUT2D eigenvalue weighted by atomic mass is 15.2. The molecule has 3 heteroatoms. The third kappa shape index (κ3) is 4.86. The van der Waals surface area contributed by atoms with Gasteiger partial charge < -0.3 is 10.6 Å². The van der Waals surface area contributed by atoms with Crippen LogP contribution in [-0.4, -0.2) is 31.0 Å². The lowest BCUT2D eigenvalue weighted by molar-refractivity contribution is 0.294. The van der Waals surface area contributed by atoms with Crippen molar-refractivity contribution in [3.8, 4) is 0 Å². The summed E-state index contributed by atoms with van der Waals surface area (Å²) in [6.45, 7) is 6.24. The number of hydrogen-bond donors (Lipinski definition) is 1. The van der Waals surface area contributed by atoms with E-state index in [0.29, 0.717) is 11.9 Å². The van der Waals surface area contributed by atoms with Crippen molar-refractivity contribution in [2.24, 2.45) is 22.6 Å². The summed E-state index contributed by atoms with van der Waals surface area (Å²) in [4.78, 5) is 6.53. The van der Waals surface area contributed by atoms with Gasteiger partial charge in [-0.15, -0.1) is 0 Å². The molecule has 0 atom stereocenters. The van der Waals surface area contributed by atoms with E-state index in [1.54, 1.807) is 0 Å². The number of guanidine groups is 1. The van der Waals surface area contributed by atoms with Gasteiger partial charge in [-0.25, -0.2) is 0 Å². The maximum Gasteiger partial charge on any atom is 0.191 e. The smallest absolute Gasteiger partial charge is 0.191 e. The summed E-state index contributed by atoms with van der Waals surface area (Å²) in [5.41, 5.74) is 5.96. The van der Waals surface area contributed by atoms with E-state index in [1.807, 2.05) is 0 Å². The van der Waals surface area contributed by atoms with Gasteiger partial charge in [0.1, 0.15) is 0 Å². The Bertz CT molecular complexity index is 217. The van der Waals surface area contributed by atoms with Gasteiger partial charge in [-0.05, 0) is 24.7 Å². The van der Waals surface area contributed by atoms with Gasteiger partial charge in [-0.3, -0.25) is 4.99 Å². The number of rotatable bonds is 4. The minimum absolute atomic E-state index is 0.585. The molecule has 0 heterocycles. The fourth-order valence-corrected chi connectivity index (χ4v) is 2.25. The molecule has 0 unspecified atom stereocenters. The summed E-state index contributed by atoms with van der Waals surface area (Å²) >= 11 is 0. The molecule has 0 bridgehead atoms. The number of nitrogens with two attached hydrogens (primary N) is 1. The lowest BCUT2D eigenvalue weighted by atomic mass is 9.89. The van der Waals surface area contributed by atoms with Crippen molar-refractivity contribution in [2.45, 2.75) is 46.0 Å². The second kappa shape index (κ2) is 6.77. The van der Waals surface area contributed by atoms with Crippen LogP contribution in [0.1, 0.15) is 46.0 Å². The Balaban J connectivity index is 2.32. The lowest BCUT2D eigenvalue weighted by Crippen LogP contribution is -2.38. The van der Waals surface area contributed by atoms with Gasteiger partial charge >= 0.3 is 0 Å². The zero-order chi connectivity index (χ0) is 12.0. The van der Waals surface area contributed by atoms with Crippen LogP contribution in [0.4, 0.5) is 0 Å². The van der Waals surface area contributed by atoms with E-state index < -0.39 is 0 Å². The summed E-state index contributed by atoms with van der Waals surface area (Å²) < 4.78 is 0. The van der Waals surface area contributed by atoms with E-state index in [1.165, 1.54) is 32.1 Å². The molecule has 1 rings (SSSR count). The molecule has 0 aliphatic heterocycles. The summed E-state index contributed by atoms with van der Waals surface area (Å²) in [6.07, 6.45) is 6.92. The van der Waals surface area contributed by atoms with Crippen LogP contribution in [0.2, 0.25) is 0 Å². The molecule has 0 aromatic rings. The highest BCUT2D eigenvalue weighted by molar-refractivity contribution is 5.77. The fourth-order valence-electron chi connectivity index (χ4n) is 2.25. The van der Waals surface area contributed by atoms with Gasteiger partial charge in [-0.1, -0.05) is 33.1 Å². The number of hydrogen-bond acceptors (Lipinski definition) is 1. The maximum absolute atomic E-state index is 5.96. The number of nitrogens with zero attached hydrogens (tertiary/aromatic N) is 2.